The molecule has 0 N–H and O–H groups in total. The third kappa shape index (κ3) is 1.54. The molecule has 14 heavy (non-hydrogen) atoms. The molecule has 70 valence electrons. The first-order valence-electron chi connectivity index (χ1n) is 4.24. The molecule has 4 heteroatoms. The van der Waals surface area contributed by atoms with Crippen molar-refractivity contribution in [3.05, 3.63) is 53.0 Å². The van der Waals surface area contributed by atoms with Gasteiger partial charge in [-0.15, -0.1) is 0 Å². The summed E-state index contributed by atoms with van der Waals surface area (Å²) in [5.74, 6) is 0. The van der Waals surface area contributed by atoms with Crippen molar-refractivity contribution in [1.82, 2.24) is 14.5 Å². The fourth-order valence-corrected chi connectivity index (χ4v) is 1.18. The third-order valence-electron chi connectivity index (χ3n) is 1.87. The highest BCUT2D eigenvalue weighted by molar-refractivity contribution is 5.27. The van der Waals surface area contributed by atoms with Gasteiger partial charge in [-0.1, -0.05) is 0 Å². The second-order valence-electron chi connectivity index (χ2n) is 2.93. The second-order valence-corrected chi connectivity index (χ2v) is 2.93. The first kappa shape index (κ1) is 8.62. The molecule has 0 amide bonds. The van der Waals surface area contributed by atoms with Gasteiger partial charge in [0.15, 0.2) is 0 Å². The van der Waals surface area contributed by atoms with Crippen LogP contribution >= 0.6 is 0 Å². The lowest BCUT2D eigenvalue weighted by atomic mass is 10.4. The Balaban J connectivity index is 2.59. The Morgan fingerprint density at radius 1 is 1.36 bits per heavy atom. The summed E-state index contributed by atoms with van der Waals surface area (Å²) in [5, 5.41) is 0. The molecule has 2 rings (SSSR count). The average Bonchev–Trinajstić information content (AvgIpc) is 2.19. The molecule has 0 radical (unpaired) electrons. The Kier molecular flexibility index (Phi) is 2.10. The van der Waals surface area contributed by atoms with Gasteiger partial charge in [0.05, 0.1) is 11.9 Å². The van der Waals surface area contributed by atoms with Crippen molar-refractivity contribution in [2.45, 2.75) is 6.92 Å². The highest BCUT2D eigenvalue weighted by Gasteiger charge is 1.99. The van der Waals surface area contributed by atoms with E-state index in [0.717, 1.165) is 11.4 Å². The second kappa shape index (κ2) is 3.41. The van der Waals surface area contributed by atoms with Crippen molar-refractivity contribution in [3.8, 4) is 5.69 Å². The first-order valence-corrected chi connectivity index (χ1v) is 4.24. The minimum atomic E-state index is -0.280. The van der Waals surface area contributed by atoms with Crippen LogP contribution in [0.4, 0.5) is 0 Å². The van der Waals surface area contributed by atoms with Crippen molar-refractivity contribution in [2.24, 2.45) is 0 Å². The van der Waals surface area contributed by atoms with Crippen molar-refractivity contribution in [2.75, 3.05) is 0 Å². The van der Waals surface area contributed by atoms with Gasteiger partial charge < -0.3 is 0 Å². The lowest BCUT2D eigenvalue weighted by molar-refractivity contribution is 0.888. The monoisotopic (exact) mass is 187 g/mol. The molecule has 0 unspecified atom stereocenters. The van der Waals surface area contributed by atoms with E-state index in [-0.39, 0.29) is 5.69 Å². The molecule has 4 nitrogen and oxygen atoms in total. The smallest absolute Gasteiger partial charge is 0.266 e. The van der Waals surface area contributed by atoms with Gasteiger partial charge in [0.25, 0.3) is 0 Å². The third-order valence-corrected chi connectivity index (χ3v) is 1.87. The maximum atomic E-state index is 11.5. The van der Waals surface area contributed by atoms with Gasteiger partial charge in [-0.3, -0.25) is 9.55 Å². The van der Waals surface area contributed by atoms with Crippen LogP contribution in [0.5, 0.6) is 0 Å². The molecule has 0 aromatic carbocycles. The van der Waals surface area contributed by atoms with Crippen LogP contribution in [0.25, 0.3) is 5.69 Å². The number of nitrogens with zero attached hydrogens (tertiary/aromatic N) is 3. The molecule has 0 atom stereocenters. The van der Waals surface area contributed by atoms with Crippen LogP contribution in [-0.4, -0.2) is 14.5 Å². The highest BCUT2D eigenvalue weighted by Crippen LogP contribution is 2.00. The molecular formula is C10H9N3O. The number of aromatic nitrogens is 3. The van der Waals surface area contributed by atoms with E-state index in [1.165, 1.54) is 4.57 Å². The Bertz CT molecular complexity index is 490. The number of hydrogen-bond acceptors (Lipinski definition) is 3. The summed E-state index contributed by atoms with van der Waals surface area (Å²) in [7, 11) is 0. The van der Waals surface area contributed by atoms with Crippen LogP contribution in [0.2, 0.25) is 0 Å². The van der Waals surface area contributed by atoms with Gasteiger partial charge in [-0.2, -0.15) is 4.98 Å². The number of aryl methyl sites for hydroxylation is 1. The van der Waals surface area contributed by atoms with Crippen molar-refractivity contribution in [1.29, 1.82) is 0 Å². The normalized spacial score (nSPS) is 10.1. The summed E-state index contributed by atoms with van der Waals surface area (Å²) in [6, 6.07) is 5.38. The fourth-order valence-electron chi connectivity index (χ4n) is 1.18. The number of hydrogen-bond donors (Lipinski definition) is 0. The number of rotatable bonds is 1. The van der Waals surface area contributed by atoms with Gasteiger partial charge >= 0.3 is 5.69 Å². The van der Waals surface area contributed by atoms with Crippen molar-refractivity contribution in [3.63, 3.8) is 0 Å². The van der Waals surface area contributed by atoms with E-state index >= 15 is 0 Å². The largest absolute Gasteiger partial charge is 0.352 e. The number of pyridine rings is 1. The lowest BCUT2D eigenvalue weighted by Gasteiger charge is -2.02. The van der Waals surface area contributed by atoms with E-state index in [4.69, 9.17) is 0 Å². The molecule has 2 aromatic rings. The summed E-state index contributed by atoms with van der Waals surface area (Å²) in [6.07, 6.45) is 4.98. The molecule has 0 spiro atoms. The predicted molar refractivity (Wildman–Crippen MR) is 52.4 cm³/mol. The van der Waals surface area contributed by atoms with E-state index in [0.29, 0.717) is 0 Å². The van der Waals surface area contributed by atoms with Crippen LogP contribution in [-0.2, 0) is 0 Å². The van der Waals surface area contributed by atoms with Crippen molar-refractivity contribution >= 4 is 0 Å². The maximum Gasteiger partial charge on any atom is 0.352 e. The molecule has 0 fully saturated rings. The van der Waals surface area contributed by atoms with E-state index in [2.05, 4.69) is 9.97 Å². The Labute approximate surface area is 80.9 Å². The molecule has 2 heterocycles. The van der Waals surface area contributed by atoms with Crippen LogP contribution in [0, 0.1) is 6.92 Å². The molecule has 2 aromatic heterocycles. The van der Waals surface area contributed by atoms with Gasteiger partial charge in [0, 0.05) is 18.1 Å². The van der Waals surface area contributed by atoms with Gasteiger partial charge in [0.2, 0.25) is 0 Å². The van der Waals surface area contributed by atoms with Gasteiger partial charge in [-0.05, 0) is 25.1 Å². The van der Waals surface area contributed by atoms with Crippen LogP contribution in [0.1, 0.15) is 5.69 Å². The van der Waals surface area contributed by atoms with E-state index in [1.54, 1.807) is 37.6 Å². The maximum absolute atomic E-state index is 11.5. The van der Waals surface area contributed by atoms with E-state index < -0.39 is 0 Å². The Hall–Kier alpha value is -1.97. The minimum Gasteiger partial charge on any atom is -0.266 e. The first-order chi connectivity index (χ1) is 6.77. The zero-order valence-corrected chi connectivity index (χ0v) is 7.71. The van der Waals surface area contributed by atoms with Crippen LogP contribution in [0.15, 0.2) is 41.6 Å². The molecule has 0 aliphatic rings. The van der Waals surface area contributed by atoms with Crippen molar-refractivity contribution < 1.29 is 0 Å². The summed E-state index contributed by atoms with van der Waals surface area (Å²) in [6.45, 7) is 1.79. The Morgan fingerprint density at radius 2 is 2.21 bits per heavy atom. The van der Waals surface area contributed by atoms with Crippen LogP contribution in [0.3, 0.4) is 0 Å². The zero-order chi connectivity index (χ0) is 9.97. The van der Waals surface area contributed by atoms with Gasteiger partial charge in [-0.25, -0.2) is 4.79 Å². The predicted octanol–water partition coefficient (Wildman–Crippen LogP) is 0.936. The minimum absolute atomic E-state index is 0.280. The summed E-state index contributed by atoms with van der Waals surface area (Å²) < 4.78 is 1.46. The highest BCUT2D eigenvalue weighted by atomic mass is 16.1. The lowest BCUT2D eigenvalue weighted by Crippen LogP contribution is -2.21. The molecule has 0 bridgehead atoms. The van der Waals surface area contributed by atoms with Crippen LogP contribution < -0.4 is 5.69 Å². The molecule has 0 saturated carbocycles. The van der Waals surface area contributed by atoms with Gasteiger partial charge in [0.1, 0.15) is 0 Å². The molecule has 0 aliphatic heterocycles. The fraction of sp³-hybridized carbons (Fsp3) is 0.100. The summed E-state index contributed by atoms with van der Waals surface area (Å²) >= 11 is 0. The van der Waals surface area contributed by atoms with E-state index in [1.807, 2.05) is 6.07 Å². The molecular weight excluding hydrogens is 178 g/mol. The standard InChI is InChI=1S/C10H9N3O/c1-8-4-6-13(10(14)12-8)9-3-2-5-11-7-9/h2-7H,1H3. The average molecular weight is 187 g/mol. The van der Waals surface area contributed by atoms with E-state index in [9.17, 15) is 4.79 Å². The zero-order valence-electron chi connectivity index (χ0n) is 7.71. The topological polar surface area (TPSA) is 47.8 Å². The Morgan fingerprint density at radius 3 is 2.86 bits per heavy atom. The SMILES string of the molecule is Cc1ccn(-c2cccnc2)c(=O)n1. The quantitative estimate of drug-likeness (QED) is 0.667. The molecule has 0 saturated heterocycles. The summed E-state index contributed by atoms with van der Waals surface area (Å²) in [4.78, 5) is 19.2. The summed E-state index contributed by atoms with van der Waals surface area (Å²) in [5.41, 5.74) is 1.16. The molecule has 0 aliphatic carbocycles.